The molecule has 0 saturated carbocycles. The molecule has 80 valence electrons. The van der Waals surface area contributed by atoms with Crippen molar-refractivity contribution in [1.29, 1.82) is 0 Å². The van der Waals surface area contributed by atoms with Crippen LogP contribution >= 0.6 is 0 Å². The van der Waals surface area contributed by atoms with E-state index >= 15 is 0 Å². The number of rotatable bonds is 0. The van der Waals surface area contributed by atoms with Crippen LogP contribution in [-0.2, 0) is 0 Å². The third-order valence-electron chi connectivity index (χ3n) is 0. The molecule has 0 aliphatic heterocycles. The standard InChI is InChI=1S/C3H8.2C3H4.2C2H6/c3*1-3-2;2*1-2/h3H2,1-2H3;2*1H,2H3;2*1-2H3. The lowest BCUT2D eigenvalue weighted by Crippen LogP contribution is -1.27. The van der Waals surface area contributed by atoms with Gasteiger partial charge in [0.05, 0.1) is 0 Å². The van der Waals surface area contributed by atoms with Crippen LogP contribution in [0.1, 0.15) is 61.8 Å². The van der Waals surface area contributed by atoms with Crippen molar-refractivity contribution in [1.82, 2.24) is 0 Å². The highest BCUT2D eigenvalue weighted by Crippen LogP contribution is 1.56. The number of hydrogen-bond acceptors (Lipinski definition) is 0. The van der Waals surface area contributed by atoms with E-state index in [1.54, 1.807) is 13.8 Å². The van der Waals surface area contributed by atoms with E-state index in [0.717, 1.165) is 0 Å². The molecule has 0 spiro atoms. The van der Waals surface area contributed by atoms with Gasteiger partial charge < -0.3 is 0 Å². The molecule has 0 N–H and O–H groups in total. The molecule has 0 aromatic rings. The highest BCUT2D eigenvalue weighted by molar-refractivity contribution is 4.73. The van der Waals surface area contributed by atoms with Crippen molar-refractivity contribution >= 4 is 0 Å². The van der Waals surface area contributed by atoms with Crippen LogP contribution in [0.5, 0.6) is 0 Å². The molecule has 0 nitrogen and oxygen atoms in total. The van der Waals surface area contributed by atoms with Crippen molar-refractivity contribution in [2.75, 3.05) is 0 Å². The maximum absolute atomic E-state index is 4.60. The molecule has 0 amide bonds. The van der Waals surface area contributed by atoms with Crippen LogP contribution in [0.2, 0.25) is 0 Å². The van der Waals surface area contributed by atoms with Gasteiger partial charge in [-0.15, -0.1) is 24.7 Å². The fraction of sp³-hybridized carbons (Fsp3) is 0.692. The van der Waals surface area contributed by atoms with Crippen LogP contribution in [0.25, 0.3) is 0 Å². The average molecular weight is 184 g/mol. The van der Waals surface area contributed by atoms with Crippen molar-refractivity contribution in [3.63, 3.8) is 0 Å². The molecule has 0 atom stereocenters. The molecule has 0 aromatic heterocycles. The van der Waals surface area contributed by atoms with E-state index in [-0.39, 0.29) is 0 Å². The molecule has 0 fully saturated rings. The molecule has 0 aliphatic carbocycles. The Hall–Kier alpha value is -0.880. The zero-order valence-electron chi connectivity index (χ0n) is 10.9. The topological polar surface area (TPSA) is 0 Å². The van der Waals surface area contributed by atoms with Gasteiger partial charge in [0, 0.05) is 0 Å². The zero-order valence-corrected chi connectivity index (χ0v) is 10.9. The molecule has 0 aliphatic rings. The van der Waals surface area contributed by atoms with Gasteiger partial charge in [0.25, 0.3) is 0 Å². The van der Waals surface area contributed by atoms with Gasteiger partial charge in [0.1, 0.15) is 0 Å². The van der Waals surface area contributed by atoms with Crippen molar-refractivity contribution in [3.05, 3.63) is 0 Å². The second kappa shape index (κ2) is 253. The highest BCUT2D eigenvalue weighted by Gasteiger charge is 1.35. The van der Waals surface area contributed by atoms with Crippen LogP contribution in [0.3, 0.4) is 0 Å². The maximum atomic E-state index is 4.60. The Morgan fingerprint density at radius 1 is 0.769 bits per heavy atom. The molecule has 0 unspecified atom stereocenters. The van der Waals surface area contributed by atoms with Gasteiger partial charge in [-0.05, 0) is 13.8 Å². The first kappa shape index (κ1) is 29.6. The average Bonchev–Trinajstić information content (AvgIpc) is 2.14. The number of hydrogen-bond donors (Lipinski definition) is 0. The molecule has 0 heteroatoms. The molecule has 0 rings (SSSR count). The molecule has 0 aromatic carbocycles. The van der Waals surface area contributed by atoms with Gasteiger partial charge in [-0.3, -0.25) is 0 Å². The summed E-state index contributed by atoms with van der Waals surface area (Å²) in [6.07, 6.45) is 10.4. The lowest BCUT2D eigenvalue weighted by molar-refractivity contribution is 1.09. The lowest BCUT2D eigenvalue weighted by Gasteiger charge is -1.48. The first-order chi connectivity index (χ1) is 6.24. The van der Waals surface area contributed by atoms with E-state index in [9.17, 15) is 0 Å². The van der Waals surface area contributed by atoms with E-state index in [1.165, 1.54) is 6.42 Å². The summed E-state index contributed by atoms with van der Waals surface area (Å²) < 4.78 is 0. The Morgan fingerprint density at radius 3 is 0.769 bits per heavy atom. The van der Waals surface area contributed by atoms with E-state index < -0.39 is 0 Å². The lowest BCUT2D eigenvalue weighted by atomic mass is 10.6. The van der Waals surface area contributed by atoms with Crippen LogP contribution < -0.4 is 0 Å². The third-order valence-corrected chi connectivity index (χ3v) is 0. The summed E-state index contributed by atoms with van der Waals surface area (Å²) in [6, 6.07) is 0. The summed E-state index contributed by atoms with van der Waals surface area (Å²) in [5.74, 6) is 4.50. The fourth-order valence-electron chi connectivity index (χ4n) is 0. The molecule has 0 radical (unpaired) electrons. The zero-order chi connectivity index (χ0) is 12.1. The van der Waals surface area contributed by atoms with Gasteiger partial charge in [-0.1, -0.05) is 48.0 Å². The number of terminal acetylenes is 2. The summed E-state index contributed by atoms with van der Waals surface area (Å²) >= 11 is 0. The quantitative estimate of drug-likeness (QED) is 0.477. The van der Waals surface area contributed by atoms with E-state index in [2.05, 4.69) is 38.5 Å². The van der Waals surface area contributed by atoms with Crippen molar-refractivity contribution in [2.24, 2.45) is 0 Å². The molecular weight excluding hydrogens is 156 g/mol. The second-order valence-electron chi connectivity index (χ2n) is 1.28. The van der Waals surface area contributed by atoms with Gasteiger partial charge >= 0.3 is 0 Å². The Kier molecular flexibility index (Phi) is 576. The van der Waals surface area contributed by atoms with Crippen LogP contribution in [0.4, 0.5) is 0 Å². The molecule has 13 heavy (non-hydrogen) atoms. The van der Waals surface area contributed by atoms with E-state index in [0.29, 0.717) is 0 Å². The van der Waals surface area contributed by atoms with Crippen LogP contribution in [-0.4, -0.2) is 0 Å². The SMILES string of the molecule is C#CC.C#CC.CC.CC.CCC. The predicted octanol–water partition coefficient (Wildman–Crippen LogP) is 4.75. The molecule has 0 heterocycles. The minimum Gasteiger partial charge on any atom is -0.120 e. The summed E-state index contributed by atoms with van der Waals surface area (Å²) in [4.78, 5) is 0. The minimum absolute atomic E-state index is 1.25. The Bertz CT molecular complexity index is 65.2. The van der Waals surface area contributed by atoms with Gasteiger partial charge in [0.2, 0.25) is 0 Å². The first-order valence-corrected chi connectivity index (χ1v) is 4.99. The van der Waals surface area contributed by atoms with Crippen molar-refractivity contribution in [2.45, 2.75) is 61.8 Å². The van der Waals surface area contributed by atoms with Gasteiger partial charge in [-0.25, -0.2) is 0 Å². The predicted molar refractivity (Wildman–Crippen MR) is 67.7 cm³/mol. The third kappa shape index (κ3) is 1190. The smallest absolute Gasteiger partial charge is 0.00297 e. The largest absolute Gasteiger partial charge is 0.120 e. The molecule has 0 bridgehead atoms. The summed E-state index contributed by atoms with van der Waals surface area (Å²) in [5, 5.41) is 0. The summed E-state index contributed by atoms with van der Waals surface area (Å²) in [5.41, 5.74) is 0. The first-order valence-electron chi connectivity index (χ1n) is 4.99. The van der Waals surface area contributed by atoms with Crippen molar-refractivity contribution in [3.8, 4) is 24.7 Å². The van der Waals surface area contributed by atoms with Gasteiger partial charge in [-0.2, -0.15) is 0 Å². The normalized spacial score (nSPS) is 3.54. The molecular formula is C13H28. The minimum atomic E-state index is 1.25. The Morgan fingerprint density at radius 2 is 0.769 bits per heavy atom. The second-order valence-corrected chi connectivity index (χ2v) is 1.28. The fourth-order valence-corrected chi connectivity index (χ4v) is 0. The summed E-state index contributed by atoms with van der Waals surface area (Å²) in [6.45, 7) is 15.6. The van der Waals surface area contributed by atoms with Crippen LogP contribution in [0, 0.1) is 24.7 Å². The highest BCUT2D eigenvalue weighted by atomic mass is 13.4. The monoisotopic (exact) mass is 184 g/mol. The Labute approximate surface area is 87.1 Å². The van der Waals surface area contributed by atoms with Crippen molar-refractivity contribution < 1.29 is 0 Å². The van der Waals surface area contributed by atoms with Crippen LogP contribution in [0.15, 0.2) is 0 Å². The van der Waals surface area contributed by atoms with E-state index in [4.69, 9.17) is 0 Å². The molecule has 0 saturated heterocycles. The maximum Gasteiger partial charge on any atom is -0.00297 e. The Balaban J connectivity index is -0.0000000208. The summed E-state index contributed by atoms with van der Waals surface area (Å²) in [7, 11) is 0. The van der Waals surface area contributed by atoms with Gasteiger partial charge in [0.15, 0.2) is 0 Å². The van der Waals surface area contributed by atoms with E-state index in [1.807, 2.05) is 27.7 Å².